The van der Waals surface area contributed by atoms with Crippen molar-refractivity contribution in [3.05, 3.63) is 23.8 Å². The molecule has 0 fully saturated rings. The lowest BCUT2D eigenvalue weighted by molar-refractivity contribution is -0.115. The third-order valence-corrected chi connectivity index (χ3v) is 2.79. The van der Waals surface area contributed by atoms with Crippen LogP contribution in [0.2, 0.25) is 0 Å². The van der Waals surface area contributed by atoms with E-state index in [4.69, 9.17) is 0 Å². The van der Waals surface area contributed by atoms with Crippen LogP contribution < -0.4 is 0 Å². The minimum absolute atomic E-state index is 0.298. The fourth-order valence-electron chi connectivity index (χ4n) is 1.87. The molecule has 0 aliphatic heterocycles. The van der Waals surface area contributed by atoms with Gasteiger partial charge in [-0.15, -0.1) is 0 Å². The summed E-state index contributed by atoms with van der Waals surface area (Å²) in [5.41, 5.74) is 1.22. The second kappa shape index (κ2) is 7.44. The van der Waals surface area contributed by atoms with Crippen molar-refractivity contribution in [2.24, 2.45) is 0 Å². The van der Waals surface area contributed by atoms with Gasteiger partial charge in [-0.05, 0) is 37.3 Å². The molecule has 0 unspecified atom stereocenters. The van der Waals surface area contributed by atoms with Crippen molar-refractivity contribution in [1.82, 2.24) is 0 Å². The predicted octanol–water partition coefficient (Wildman–Crippen LogP) is 4.19. The van der Waals surface area contributed by atoms with Gasteiger partial charge in [-0.3, -0.25) is 4.79 Å². The van der Waals surface area contributed by atoms with E-state index in [-0.39, 0.29) is 0 Å². The molecule has 0 N–H and O–H groups in total. The predicted molar refractivity (Wildman–Crippen MR) is 64.8 cm³/mol. The lowest BCUT2D eigenvalue weighted by Crippen LogP contribution is -2.00. The van der Waals surface area contributed by atoms with Crippen LogP contribution in [0.5, 0.6) is 0 Å². The van der Waals surface area contributed by atoms with Gasteiger partial charge in [-0.1, -0.05) is 38.3 Å². The summed E-state index contributed by atoms with van der Waals surface area (Å²) in [5, 5.41) is 0. The highest BCUT2D eigenvalue weighted by Crippen LogP contribution is 2.16. The van der Waals surface area contributed by atoms with Crippen LogP contribution in [0.1, 0.15) is 58.3 Å². The molecule has 1 rings (SSSR count). The van der Waals surface area contributed by atoms with Crippen LogP contribution in [0.3, 0.4) is 0 Å². The molecule has 0 heterocycles. The Kier molecular flexibility index (Phi) is 6.06. The van der Waals surface area contributed by atoms with Gasteiger partial charge in [0.05, 0.1) is 0 Å². The molecule has 0 atom stereocenters. The van der Waals surface area contributed by atoms with Crippen LogP contribution in [0, 0.1) is 0 Å². The first kappa shape index (κ1) is 12.2. The van der Waals surface area contributed by atoms with Crippen LogP contribution >= 0.6 is 0 Å². The molecule has 0 aromatic rings. The molecule has 0 saturated heterocycles. The number of carbonyl (C=O) groups is 1. The van der Waals surface area contributed by atoms with E-state index in [1.807, 2.05) is 6.08 Å². The number of rotatable bonds is 6. The number of allylic oxidation sites excluding steroid dienone is 4. The van der Waals surface area contributed by atoms with E-state index in [0.717, 1.165) is 25.7 Å². The van der Waals surface area contributed by atoms with Gasteiger partial charge in [-0.2, -0.15) is 0 Å². The number of hydrogen-bond donors (Lipinski definition) is 0. The van der Waals surface area contributed by atoms with E-state index >= 15 is 0 Å². The Morgan fingerprint density at radius 2 is 2.13 bits per heavy atom. The maximum absolute atomic E-state index is 11.1. The largest absolute Gasteiger partial charge is 0.295 e. The smallest absolute Gasteiger partial charge is 0.155 e. The topological polar surface area (TPSA) is 17.1 Å². The quantitative estimate of drug-likeness (QED) is 0.595. The second-order valence-electron chi connectivity index (χ2n) is 4.29. The zero-order valence-electron chi connectivity index (χ0n) is 9.80. The van der Waals surface area contributed by atoms with Gasteiger partial charge in [0.15, 0.2) is 5.78 Å². The third kappa shape index (κ3) is 5.56. The molecule has 0 aromatic carbocycles. The molecule has 1 aliphatic rings. The average molecular weight is 206 g/mol. The summed E-state index contributed by atoms with van der Waals surface area (Å²) in [6, 6.07) is 0. The number of unbranched alkanes of at least 4 members (excludes halogenated alkanes) is 4. The molecular weight excluding hydrogens is 184 g/mol. The summed E-state index contributed by atoms with van der Waals surface area (Å²) in [4.78, 5) is 11.1. The maximum Gasteiger partial charge on any atom is 0.155 e. The first-order valence-electron chi connectivity index (χ1n) is 6.23. The Morgan fingerprint density at radius 3 is 2.87 bits per heavy atom. The Hall–Kier alpha value is -0.850. The minimum atomic E-state index is 0.298. The fourth-order valence-corrected chi connectivity index (χ4v) is 1.87. The highest BCUT2D eigenvalue weighted by molar-refractivity contribution is 5.91. The average Bonchev–Trinajstić information content (AvgIpc) is 2.23. The van der Waals surface area contributed by atoms with Crippen molar-refractivity contribution < 1.29 is 4.79 Å². The first-order chi connectivity index (χ1) is 7.33. The minimum Gasteiger partial charge on any atom is -0.295 e. The summed E-state index contributed by atoms with van der Waals surface area (Å²) < 4.78 is 0. The van der Waals surface area contributed by atoms with Crippen molar-refractivity contribution in [3.8, 4) is 0 Å². The lowest BCUT2D eigenvalue weighted by Gasteiger charge is -2.07. The molecule has 0 amide bonds. The maximum atomic E-state index is 11.1. The van der Waals surface area contributed by atoms with Crippen LogP contribution in [-0.4, -0.2) is 5.78 Å². The summed E-state index contributed by atoms with van der Waals surface area (Å²) in [6.45, 7) is 2.23. The van der Waals surface area contributed by atoms with Gasteiger partial charge in [0.1, 0.15) is 0 Å². The van der Waals surface area contributed by atoms with Crippen molar-refractivity contribution in [2.75, 3.05) is 0 Å². The van der Waals surface area contributed by atoms with Crippen molar-refractivity contribution >= 4 is 5.78 Å². The molecule has 1 nitrogen and oxygen atoms in total. The van der Waals surface area contributed by atoms with Crippen LogP contribution in [0.25, 0.3) is 0 Å². The first-order valence-corrected chi connectivity index (χ1v) is 6.23. The Morgan fingerprint density at radius 1 is 1.27 bits per heavy atom. The lowest BCUT2D eigenvalue weighted by atomic mass is 9.98. The van der Waals surface area contributed by atoms with Gasteiger partial charge >= 0.3 is 0 Å². The van der Waals surface area contributed by atoms with E-state index in [1.54, 1.807) is 0 Å². The van der Waals surface area contributed by atoms with Gasteiger partial charge < -0.3 is 0 Å². The highest BCUT2D eigenvalue weighted by atomic mass is 16.1. The van der Waals surface area contributed by atoms with Crippen LogP contribution in [-0.2, 0) is 4.79 Å². The Labute approximate surface area is 93.3 Å². The number of ketones is 1. The molecule has 15 heavy (non-hydrogen) atoms. The number of hydrogen-bond acceptors (Lipinski definition) is 1. The van der Waals surface area contributed by atoms with Crippen molar-refractivity contribution in [3.63, 3.8) is 0 Å². The summed E-state index contributed by atoms with van der Waals surface area (Å²) in [5.74, 6) is 0.298. The van der Waals surface area contributed by atoms with Gasteiger partial charge in [-0.25, -0.2) is 0 Å². The summed E-state index contributed by atoms with van der Waals surface area (Å²) >= 11 is 0. The molecule has 1 heteroatoms. The van der Waals surface area contributed by atoms with Crippen LogP contribution in [0.4, 0.5) is 0 Å². The molecule has 84 valence electrons. The van der Waals surface area contributed by atoms with E-state index in [2.05, 4.69) is 19.1 Å². The van der Waals surface area contributed by atoms with Crippen molar-refractivity contribution in [1.29, 1.82) is 0 Å². The zero-order valence-corrected chi connectivity index (χ0v) is 9.80. The van der Waals surface area contributed by atoms with Gasteiger partial charge in [0, 0.05) is 6.42 Å². The van der Waals surface area contributed by atoms with Gasteiger partial charge in [0.2, 0.25) is 0 Å². The van der Waals surface area contributed by atoms with E-state index in [1.165, 1.54) is 31.3 Å². The molecule has 1 aliphatic carbocycles. The number of carbonyl (C=O) groups excluding carboxylic acids is 1. The molecule has 0 radical (unpaired) electrons. The second-order valence-corrected chi connectivity index (χ2v) is 4.29. The van der Waals surface area contributed by atoms with E-state index < -0.39 is 0 Å². The summed E-state index contributed by atoms with van der Waals surface area (Å²) in [6.07, 6.45) is 15.4. The van der Waals surface area contributed by atoms with Gasteiger partial charge in [0.25, 0.3) is 0 Å². The molecule has 0 aromatic heterocycles. The van der Waals surface area contributed by atoms with Crippen molar-refractivity contribution in [2.45, 2.75) is 58.3 Å². The normalized spacial score (nSPS) is 17.1. The Bertz CT molecular complexity index is 248. The standard InChI is InChI=1S/C14H22O/c1-2-3-4-5-6-7-9-13-10-8-11-14(15)12-13/h7,9,12H,2-6,8,10-11H2,1H3/b9-7+. The fraction of sp³-hybridized carbons (Fsp3) is 0.643. The van der Waals surface area contributed by atoms with E-state index in [0.29, 0.717) is 5.78 Å². The monoisotopic (exact) mass is 206 g/mol. The van der Waals surface area contributed by atoms with E-state index in [9.17, 15) is 4.79 Å². The molecule has 0 spiro atoms. The molecule has 0 bridgehead atoms. The Balaban J connectivity index is 2.17. The molecular formula is C14H22O. The molecule has 0 saturated carbocycles. The third-order valence-electron chi connectivity index (χ3n) is 2.79. The van der Waals surface area contributed by atoms with Crippen LogP contribution in [0.15, 0.2) is 23.8 Å². The SMILES string of the molecule is CCCCCC/C=C/C1=CC(=O)CCC1. The summed E-state index contributed by atoms with van der Waals surface area (Å²) in [7, 11) is 0. The zero-order chi connectivity index (χ0) is 10.9. The highest BCUT2D eigenvalue weighted by Gasteiger charge is 2.06.